The molecule has 0 N–H and O–H groups in total. The summed E-state index contributed by atoms with van der Waals surface area (Å²) in [5.74, 6) is 0.182. The summed E-state index contributed by atoms with van der Waals surface area (Å²) in [6.07, 6.45) is 4.31. The van der Waals surface area contributed by atoms with Crippen molar-refractivity contribution < 1.29 is 19.0 Å². The van der Waals surface area contributed by atoms with E-state index in [1.807, 2.05) is 4.90 Å². The monoisotopic (exact) mass is 255 g/mol. The third-order valence-corrected chi connectivity index (χ3v) is 4.18. The Morgan fingerprint density at radius 3 is 2.78 bits per heavy atom. The van der Waals surface area contributed by atoms with Gasteiger partial charge in [0.15, 0.2) is 0 Å². The van der Waals surface area contributed by atoms with Gasteiger partial charge in [-0.25, -0.2) is 0 Å². The van der Waals surface area contributed by atoms with E-state index in [2.05, 4.69) is 0 Å². The van der Waals surface area contributed by atoms with Crippen LogP contribution in [0, 0.1) is 0 Å². The first-order valence-electron chi connectivity index (χ1n) is 6.94. The van der Waals surface area contributed by atoms with Gasteiger partial charge in [-0.2, -0.15) is 0 Å². The normalized spacial score (nSPS) is 31.1. The third-order valence-electron chi connectivity index (χ3n) is 4.18. The number of carbonyl (C=O) groups excluding carboxylic acids is 1. The molecule has 102 valence electrons. The minimum absolute atomic E-state index is 0.120. The first-order valence-corrected chi connectivity index (χ1v) is 6.94. The van der Waals surface area contributed by atoms with E-state index in [1.54, 1.807) is 0 Å². The first kappa shape index (κ1) is 12.4. The third kappa shape index (κ3) is 2.27. The van der Waals surface area contributed by atoms with Gasteiger partial charge in [-0.15, -0.1) is 0 Å². The predicted octanol–water partition coefficient (Wildman–Crippen LogP) is 0.921. The van der Waals surface area contributed by atoms with Crippen LogP contribution >= 0.6 is 0 Å². The number of carbonyl (C=O) groups is 1. The molecule has 0 aromatic heterocycles. The summed E-state index contributed by atoms with van der Waals surface area (Å²) in [4.78, 5) is 14.3. The Labute approximate surface area is 107 Å². The fourth-order valence-corrected chi connectivity index (χ4v) is 3.18. The van der Waals surface area contributed by atoms with Crippen molar-refractivity contribution in [3.05, 3.63) is 0 Å². The molecule has 3 aliphatic rings. The lowest BCUT2D eigenvalue weighted by Crippen LogP contribution is -2.52. The Kier molecular flexibility index (Phi) is 3.54. The highest BCUT2D eigenvalue weighted by molar-refractivity contribution is 5.77. The minimum Gasteiger partial charge on any atom is -0.381 e. The molecule has 1 atom stereocenters. The SMILES string of the molecule is O=C(CC1CCCO1)N1CCOC12CCOCC2. The molecule has 3 fully saturated rings. The van der Waals surface area contributed by atoms with Crippen LogP contribution < -0.4 is 0 Å². The molecule has 1 unspecified atom stereocenters. The molecular weight excluding hydrogens is 234 g/mol. The zero-order chi connectivity index (χ0) is 12.4. The molecule has 3 heterocycles. The van der Waals surface area contributed by atoms with Gasteiger partial charge in [0.1, 0.15) is 5.72 Å². The Bertz CT molecular complexity index is 308. The second kappa shape index (κ2) is 5.15. The number of amides is 1. The van der Waals surface area contributed by atoms with E-state index in [4.69, 9.17) is 14.2 Å². The van der Waals surface area contributed by atoms with Crippen LogP contribution in [0.2, 0.25) is 0 Å². The van der Waals surface area contributed by atoms with Crippen molar-refractivity contribution in [1.82, 2.24) is 4.90 Å². The standard InChI is InChI=1S/C13H21NO4/c15-12(10-11-2-1-6-17-11)14-5-9-18-13(14)3-7-16-8-4-13/h11H,1-10H2. The lowest BCUT2D eigenvalue weighted by atomic mass is 10.0. The highest BCUT2D eigenvalue weighted by Crippen LogP contribution is 2.34. The van der Waals surface area contributed by atoms with Gasteiger partial charge in [-0.05, 0) is 12.8 Å². The molecular formula is C13H21NO4. The summed E-state index contributed by atoms with van der Waals surface area (Å²) in [6.45, 7) is 3.53. The summed E-state index contributed by atoms with van der Waals surface area (Å²) in [7, 11) is 0. The van der Waals surface area contributed by atoms with E-state index in [0.29, 0.717) is 32.8 Å². The van der Waals surface area contributed by atoms with Gasteiger partial charge >= 0.3 is 0 Å². The van der Waals surface area contributed by atoms with E-state index in [1.165, 1.54) is 0 Å². The zero-order valence-corrected chi connectivity index (χ0v) is 10.7. The molecule has 0 aromatic carbocycles. The molecule has 3 rings (SSSR count). The molecule has 3 saturated heterocycles. The maximum absolute atomic E-state index is 12.4. The van der Waals surface area contributed by atoms with E-state index >= 15 is 0 Å². The van der Waals surface area contributed by atoms with Crippen molar-refractivity contribution in [2.75, 3.05) is 33.0 Å². The van der Waals surface area contributed by atoms with E-state index in [0.717, 1.165) is 32.3 Å². The summed E-state index contributed by atoms with van der Waals surface area (Å²) < 4.78 is 16.8. The fraction of sp³-hybridized carbons (Fsp3) is 0.923. The van der Waals surface area contributed by atoms with Crippen molar-refractivity contribution in [2.24, 2.45) is 0 Å². The topological polar surface area (TPSA) is 48.0 Å². The maximum Gasteiger partial charge on any atom is 0.227 e. The molecule has 0 bridgehead atoms. The lowest BCUT2D eigenvalue weighted by molar-refractivity contribution is -0.168. The van der Waals surface area contributed by atoms with Crippen LogP contribution in [0.4, 0.5) is 0 Å². The molecule has 0 aromatic rings. The smallest absolute Gasteiger partial charge is 0.227 e. The number of hydrogen-bond donors (Lipinski definition) is 0. The number of hydrogen-bond acceptors (Lipinski definition) is 4. The first-order chi connectivity index (χ1) is 8.80. The van der Waals surface area contributed by atoms with Crippen LogP contribution in [0.3, 0.4) is 0 Å². The molecule has 3 aliphatic heterocycles. The Morgan fingerprint density at radius 2 is 2.06 bits per heavy atom. The Balaban J connectivity index is 1.64. The van der Waals surface area contributed by atoms with Crippen molar-refractivity contribution in [2.45, 2.75) is 43.9 Å². The maximum atomic E-state index is 12.4. The number of ether oxygens (including phenoxy) is 3. The zero-order valence-electron chi connectivity index (χ0n) is 10.7. The molecule has 1 amide bonds. The van der Waals surface area contributed by atoms with Crippen molar-refractivity contribution in [3.8, 4) is 0 Å². The highest BCUT2D eigenvalue weighted by Gasteiger charge is 2.46. The second-order valence-electron chi connectivity index (χ2n) is 5.29. The Morgan fingerprint density at radius 1 is 1.22 bits per heavy atom. The molecule has 0 aliphatic carbocycles. The number of rotatable bonds is 2. The summed E-state index contributed by atoms with van der Waals surface area (Å²) in [5.41, 5.74) is -0.381. The van der Waals surface area contributed by atoms with Crippen LogP contribution in [0.25, 0.3) is 0 Å². The van der Waals surface area contributed by atoms with Gasteiger partial charge in [-0.3, -0.25) is 4.79 Å². The molecule has 0 saturated carbocycles. The average Bonchev–Trinajstić information content (AvgIpc) is 3.00. The van der Waals surface area contributed by atoms with Crippen molar-refractivity contribution in [3.63, 3.8) is 0 Å². The Hall–Kier alpha value is -0.650. The van der Waals surface area contributed by atoms with Crippen molar-refractivity contribution in [1.29, 1.82) is 0 Å². The molecule has 18 heavy (non-hydrogen) atoms. The molecule has 5 nitrogen and oxygen atoms in total. The second-order valence-corrected chi connectivity index (χ2v) is 5.29. The van der Waals surface area contributed by atoms with Crippen LogP contribution in [-0.2, 0) is 19.0 Å². The summed E-state index contributed by atoms with van der Waals surface area (Å²) >= 11 is 0. The van der Waals surface area contributed by atoms with E-state index < -0.39 is 0 Å². The van der Waals surface area contributed by atoms with Crippen LogP contribution in [0.1, 0.15) is 32.1 Å². The predicted molar refractivity (Wildman–Crippen MR) is 64.0 cm³/mol. The quantitative estimate of drug-likeness (QED) is 0.736. The van der Waals surface area contributed by atoms with Crippen LogP contribution in [-0.4, -0.2) is 55.6 Å². The minimum atomic E-state index is -0.381. The van der Waals surface area contributed by atoms with Crippen LogP contribution in [0.15, 0.2) is 0 Å². The fourth-order valence-electron chi connectivity index (χ4n) is 3.18. The van der Waals surface area contributed by atoms with Crippen LogP contribution in [0.5, 0.6) is 0 Å². The van der Waals surface area contributed by atoms with Crippen molar-refractivity contribution >= 4 is 5.91 Å². The lowest BCUT2D eigenvalue weighted by Gasteiger charge is -2.40. The van der Waals surface area contributed by atoms with Gasteiger partial charge in [0.25, 0.3) is 0 Å². The van der Waals surface area contributed by atoms with Gasteiger partial charge in [0.05, 0.1) is 32.3 Å². The number of nitrogens with zero attached hydrogens (tertiary/aromatic N) is 1. The largest absolute Gasteiger partial charge is 0.381 e. The van der Waals surface area contributed by atoms with Gasteiger partial charge in [-0.1, -0.05) is 0 Å². The summed E-state index contributed by atoms with van der Waals surface area (Å²) in [6, 6.07) is 0. The molecule has 0 radical (unpaired) electrons. The van der Waals surface area contributed by atoms with E-state index in [-0.39, 0.29) is 17.7 Å². The van der Waals surface area contributed by atoms with Gasteiger partial charge in [0, 0.05) is 26.0 Å². The van der Waals surface area contributed by atoms with Gasteiger partial charge < -0.3 is 19.1 Å². The summed E-state index contributed by atoms with van der Waals surface area (Å²) in [5, 5.41) is 0. The van der Waals surface area contributed by atoms with Gasteiger partial charge in [0.2, 0.25) is 5.91 Å². The van der Waals surface area contributed by atoms with E-state index in [9.17, 15) is 4.79 Å². The molecule has 1 spiro atoms. The average molecular weight is 255 g/mol. The highest BCUT2D eigenvalue weighted by atomic mass is 16.5. The molecule has 5 heteroatoms.